The second-order valence-corrected chi connectivity index (χ2v) is 8.22. The lowest BCUT2D eigenvalue weighted by Gasteiger charge is -2.10. The minimum absolute atomic E-state index is 0.613. The number of hydrogen-bond acceptors (Lipinski definition) is 3. The molecule has 6 rings (SSSR count). The highest BCUT2D eigenvalue weighted by atomic mass is 16.5. The number of nitrogens with zero attached hydrogens (tertiary/aromatic N) is 3. The van der Waals surface area contributed by atoms with Gasteiger partial charge in [0.2, 0.25) is 5.88 Å². The van der Waals surface area contributed by atoms with Crippen LogP contribution in [0.5, 0.6) is 11.6 Å². The van der Waals surface area contributed by atoms with Crippen LogP contribution in [0.3, 0.4) is 0 Å². The van der Waals surface area contributed by atoms with Crippen LogP contribution in [0.4, 0.5) is 0 Å². The van der Waals surface area contributed by atoms with E-state index in [1.54, 1.807) is 0 Å². The number of pyridine rings is 2. The lowest BCUT2D eigenvalue weighted by atomic mass is 10.0. The van der Waals surface area contributed by atoms with E-state index in [4.69, 9.17) is 4.74 Å². The third-order valence-electron chi connectivity index (χ3n) is 6.09. The summed E-state index contributed by atoms with van der Waals surface area (Å²) in [6.45, 7) is 2.09. The van der Waals surface area contributed by atoms with E-state index in [0.717, 1.165) is 45.8 Å². The van der Waals surface area contributed by atoms with Crippen LogP contribution in [-0.2, 0) is 6.42 Å². The van der Waals surface area contributed by atoms with E-state index in [2.05, 4.69) is 76.1 Å². The van der Waals surface area contributed by atoms with E-state index in [-0.39, 0.29) is 0 Å². The molecule has 34 heavy (non-hydrogen) atoms. The largest absolute Gasteiger partial charge is 0.439 e. The fourth-order valence-corrected chi connectivity index (χ4v) is 4.45. The van der Waals surface area contributed by atoms with E-state index in [9.17, 15) is 0 Å². The number of rotatable bonds is 5. The summed E-state index contributed by atoms with van der Waals surface area (Å²) in [5, 5.41) is 2.42. The molecule has 6 aromatic rings. The van der Waals surface area contributed by atoms with Crippen molar-refractivity contribution in [2.75, 3.05) is 0 Å². The van der Waals surface area contributed by atoms with Gasteiger partial charge in [-0.25, -0.2) is 9.97 Å². The summed E-state index contributed by atoms with van der Waals surface area (Å²) < 4.78 is 8.32. The van der Waals surface area contributed by atoms with E-state index in [1.165, 1.54) is 10.8 Å². The zero-order valence-corrected chi connectivity index (χ0v) is 18.8. The van der Waals surface area contributed by atoms with Crippen LogP contribution in [0.25, 0.3) is 38.8 Å². The molecule has 3 heterocycles. The van der Waals surface area contributed by atoms with Crippen molar-refractivity contribution in [3.63, 3.8) is 0 Å². The highest BCUT2D eigenvalue weighted by Gasteiger charge is 2.14. The fourth-order valence-electron chi connectivity index (χ4n) is 4.45. The van der Waals surface area contributed by atoms with E-state index >= 15 is 0 Å². The van der Waals surface area contributed by atoms with E-state index in [0.29, 0.717) is 5.88 Å². The summed E-state index contributed by atoms with van der Waals surface area (Å²) in [6, 6.07) is 35.1. The molecule has 0 aliphatic rings. The van der Waals surface area contributed by atoms with Gasteiger partial charge in [-0.1, -0.05) is 61.5 Å². The van der Waals surface area contributed by atoms with Crippen molar-refractivity contribution >= 4 is 21.8 Å². The Morgan fingerprint density at radius 2 is 1.53 bits per heavy atom. The molecule has 0 saturated heterocycles. The van der Waals surface area contributed by atoms with Gasteiger partial charge in [0.05, 0.1) is 11.0 Å². The summed E-state index contributed by atoms with van der Waals surface area (Å²) >= 11 is 0. The van der Waals surface area contributed by atoms with Crippen LogP contribution in [0.1, 0.15) is 12.6 Å². The minimum Gasteiger partial charge on any atom is -0.439 e. The average molecular weight is 442 g/mol. The van der Waals surface area contributed by atoms with Gasteiger partial charge in [-0.2, -0.15) is 0 Å². The van der Waals surface area contributed by atoms with Gasteiger partial charge in [0.15, 0.2) is 0 Å². The van der Waals surface area contributed by atoms with Gasteiger partial charge in [0.1, 0.15) is 11.6 Å². The van der Waals surface area contributed by atoms with Gasteiger partial charge in [0.25, 0.3) is 0 Å². The Kier molecular flexibility index (Phi) is 5.04. The molecule has 0 bridgehead atoms. The predicted molar refractivity (Wildman–Crippen MR) is 138 cm³/mol. The summed E-state index contributed by atoms with van der Waals surface area (Å²) in [6.07, 6.45) is 2.71. The van der Waals surface area contributed by atoms with Crippen molar-refractivity contribution in [1.29, 1.82) is 0 Å². The number of benzene rings is 3. The molecule has 0 saturated carbocycles. The van der Waals surface area contributed by atoms with Gasteiger partial charge in [-0.15, -0.1) is 0 Å². The number of hydrogen-bond donors (Lipinski definition) is 0. The maximum atomic E-state index is 6.09. The van der Waals surface area contributed by atoms with Crippen LogP contribution >= 0.6 is 0 Å². The molecule has 0 fully saturated rings. The molecule has 3 aromatic heterocycles. The minimum atomic E-state index is 0.613. The topological polar surface area (TPSA) is 39.9 Å². The lowest BCUT2D eigenvalue weighted by Crippen LogP contribution is -1.96. The summed E-state index contributed by atoms with van der Waals surface area (Å²) in [4.78, 5) is 9.20. The summed E-state index contributed by atoms with van der Waals surface area (Å²) in [5.74, 6) is 2.29. The Balaban J connectivity index is 1.46. The highest BCUT2D eigenvalue weighted by Crippen LogP contribution is 2.35. The Labute approximate surface area is 198 Å². The number of aromatic nitrogens is 3. The molecule has 4 heteroatoms. The second kappa shape index (κ2) is 8.49. The van der Waals surface area contributed by atoms with Crippen LogP contribution in [0.15, 0.2) is 109 Å². The van der Waals surface area contributed by atoms with Crippen LogP contribution < -0.4 is 4.74 Å². The van der Waals surface area contributed by atoms with Gasteiger partial charge in [0, 0.05) is 28.7 Å². The molecular formula is C30H23N3O. The Hall–Kier alpha value is -4.44. The van der Waals surface area contributed by atoms with Crippen molar-refractivity contribution in [2.45, 2.75) is 13.3 Å². The second-order valence-electron chi connectivity index (χ2n) is 8.22. The molecule has 4 nitrogen and oxygen atoms in total. The van der Waals surface area contributed by atoms with Crippen molar-refractivity contribution in [3.8, 4) is 28.6 Å². The molecule has 0 unspecified atom stereocenters. The van der Waals surface area contributed by atoms with Gasteiger partial charge < -0.3 is 4.74 Å². The molecule has 164 valence electrons. The lowest BCUT2D eigenvalue weighted by molar-refractivity contribution is 0.461. The molecule has 0 atom stereocenters. The van der Waals surface area contributed by atoms with Crippen molar-refractivity contribution in [3.05, 3.63) is 115 Å². The van der Waals surface area contributed by atoms with Crippen LogP contribution in [-0.4, -0.2) is 14.5 Å². The normalized spacial score (nSPS) is 11.2. The van der Waals surface area contributed by atoms with E-state index < -0.39 is 0 Å². The first-order valence-electron chi connectivity index (χ1n) is 11.5. The monoisotopic (exact) mass is 441 g/mol. The molecule has 0 N–H and O–H groups in total. The molecule has 0 aliphatic carbocycles. The number of fused-ring (bicyclic) bond motifs is 3. The Morgan fingerprint density at radius 1 is 0.706 bits per heavy atom. The molecular weight excluding hydrogens is 418 g/mol. The first-order chi connectivity index (χ1) is 16.8. The third kappa shape index (κ3) is 3.59. The zero-order valence-electron chi connectivity index (χ0n) is 18.8. The molecule has 0 spiro atoms. The first kappa shape index (κ1) is 20.2. The SMILES string of the molecule is CCc1cccc(Oc2cccc(-c3ccc4c5ccccc5n(-c5ccccn5)c4c3)c2)n1. The average Bonchev–Trinajstić information content (AvgIpc) is 3.23. The standard InChI is InChI=1S/C30H23N3O/c1-2-23-10-8-15-30(32-23)34-24-11-7-9-21(19-24)22-16-17-26-25-12-3-4-13-27(25)33(28(26)20-22)29-14-5-6-18-31-29/h3-20H,2H2,1H3. The molecule has 0 radical (unpaired) electrons. The number of para-hydroxylation sites is 1. The third-order valence-corrected chi connectivity index (χ3v) is 6.09. The van der Waals surface area contributed by atoms with Crippen molar-refractivity contribution in [2.24, 2.45) is 0 Å². The maximum absolute atomic E-state index is 6.09. The van der Waals surface area contributed by atoms with Gasteiger partial charge >= 0.3 is 0 Å². The quantitative estimate of drug-likeness (QED) is 0.277. The highest BCUT2D eigenvalue weighted by molar-refractivity contribution is 6.10. The summed E-state index contributed by atoms with van der Waals surface area (Å²) in [5.41, 5.74) is 5.49. The fraction of sp³-hybridized carbons (Fsp3) is 0.0667. The number of ether oxygens (including phenoxy) is 1. The van der Waals surface area contributed by atoms with Crippen molar-refractivity contribution < 1.29 is 4.74 Å². The predicted octanol–water partition coefficient (Wildman–Crippen LogP) is 7.60. The van der Waals surface area contributed by atoms with Crippen LogP contribution in [0, 0.1) is 0 Å². The molecule has 3 aromatic carbocycles. The summed E-state index contributed by atoms with van der Waals surface area (Å²) in [7, 11) is 0. The zero-order chi connectivity index (χ0) is 22.9. The van der Waals surface area contributed by atoms with E-state index in [1.807, 2.05) is 54.7 Å². The molecule has 0 amide bonds. The first-order valence-corrected chi connectivity index (χ1v) is 11.5. The van der Waals surface area contributed by atoms with Crippen molar-refractivity contribution in [1.82, 2.24) is 14.5 Å². The maximum Gasteiger partial charge on any atom is 0.219 e. The Morgan fingerprint density at radius 3 is 2.41 bits per heavy atom. The van der Waals surface area contributed by atoms with Crippen LogP contribution in [0.2, 0.25) is 0 Å². The van der Waals surface area contributed by atoms with Gasteiger partial charge in [-0.3, -0.25) is 4.57 Å². The van der Waals surface area contributed by atoms with Gasteiger partial charge in [-0.05, 0) is 60.0 Å². The molecule has 0 aliphatic heterocycles. The number of aryl methyl sites for hydroxylation is 1. The Bertz CT molecular complexity index is 1620. The smallest absolute Gasteiger partial charge is 0.219 e.